The Hall–Kier alpha value is -1.79. The Morgan fingerprint density at radius 3 is 2.50 bits per heavy atom. The maximum Gasteiger partial charge on any atom is 0.120 e. The highest BCUT2D eigenvalue weighted by atomic mass is 79.9. The zero-order chi connectivity index (χ0) is 12.8. The molecule has 0 amide bonds. The van der Waals surface area contributed by atoms with Gasteiger partial charge in [0.15, 0.2) is 0 Å². The smallest absolute Gasteiger partial charge is 0.120 e. The van der Waals surface area contributed by atoms with Crippen molar-refractivity contribution in [2.24, 2.45) is 0 Å². The van der Waals surface area contributed by atoms with E-state index in [0.29, 0.717) is 12.2 Å². The van der Waals surface area contributed by atoms with Crippen LogP contribution in [0.5, 0.6) is 5.75 Å². The third-order valence-electron chi connectivity index (χ3n) is 2.54. The third kappa shape index (κ3) is 3.35. The maximum atomic E-state index is 8.71. The first-order valence-electron chi connectivity index (χ1n) is 5.58. The summed E-state index contributed by atoms with van der Waals surface area (Å²) in [7, 11) is 0. The second kappa shape index (κ2) is 6.23. The Morgan fingerprint density at radius 2 is 1.83 bits per heavy atom. The number of nitriles is 1. The second-order valence-electron chi connectivity index (χ2n) is 3.88. The fourth-order valence-corrected chi connectivity index (χ4v) is 1.91. The largest absolute Gasteiger partial charge is 0.489 e. The highest BCUT2D eigenvalue weighted by Crippen LogP contribution is 2.17. The van der Waals surface area contributed by atoms with Crippen LogP contribution in [0, 0.1) is 11.3 Å². The molecule has 0 saturated carbocycles. The van der Waals surface area contributed by atoms with E-state index in [1.807, 2.05) is 36.4 Å². The molecule has 3 heteroatoms. The summed E-state index contributed by atoms with van der Waals surface area (Å²) < 4.78 is 5.70. The number of alkyl halides is 1. The molecule has 0 radical (unpaired) electrons. The first-order chi connectivity index (χ1) is 8.81. The van der Waals surface area contributed by atoms with Gasteiger partial charge in [0.2, 0.25) is 0 Å². The molecule has 90 valence electrons. The van der Waals surface area contributed by atoms with Crippen LogP contribution in [-0.2, 0) is 11.9 Å². The predicted octanol–water partition coefficient (Wildman–Crippen LogP) is 4.03. The molecule has 0 unspecified atom stereocenters. The van der Waals surface area contributed by atoms with Crippen LogP contribution in [0.2, 0.25) is 0 Å². The van der Waals surface area contributed by atoms with Crippen LogP contribution < -0.4 is 4.74 Å². The van der Waals surface area contributed by atoms with E-state index >= 15 is 0 Å². The van der Waals surface area contributed by atoms with Crippen LogP contribution in [0.25, 0.3) is 0 Å². The van der Waals surface area contributed by atoms with Crippen LogP contribution in [-0.4, -0.2) is 0 Å². The lowest BCUT2D eigenvalue weighted by Crippen LogP contribution is -1.95. The summed E-state index contributed by atoms with van der Waals surface area (Å²) >= 11 is 3.42. The molecular weight excluding hydrogens is 290 g/mol. The monoisotopic (exact) mass is 301 g/mol. The van der Waals surface area contributed by atoms with Gasteiger partial charge in [-0.25, -0.2) is 0 Å². The van der Waals surface area contributed by atoms with E-state index < -0.39 is 0 Å². The molecular formula is C15H12BrNO. The second-order valence-corrected chi connectivity index (χ2v) is 4.44. The molecule has 2 aromatic carbocycles. The molecule has 2 aromatic rings. The predicted molar refractivity (Wildman–Crippen MR) is 74.6 cm³/mol. The topological polar surface area (TPSA) is 33.0 Å². The standard InChI is InChI=1S/C15H12BrNO/c16-9-14-2-1-3-15(8-14)18-11-13-6-4-12(10-17)5-7-13/h1-8H,9,11H2. The molecule has 0 atom stereocenters. The van der Waals surface area contributed by atoms with Gasteiger partial charge >= 0.3 is 0 Å². The van der Waals surface area contributed by atoms with Crippen molar-refractivity contribution >= 4 is 15.9 Å². The van der Waals surface area contributed by atoms with Gasteiger partial charge in [-0.1, -0.05) is 40.2 Å². The van der Waals surface area contributed by atoms with Crippen molar-refractivity contribution in [3.63, 3.8) is 0 Å². The summed E-state index contributed by atoms with van der Waals surface area (Å²) in [5.41, 5.74) is 2.91. The highest BCUT2D eigenvalue weighted by molar-refractivity contribution is 9.08. The zero-order valence-electron chi connectivity index (χ0n) is 9.77. The normalized spacial score (nSPS) is 9.78. The fraction of sp³-hybridized carbons (Fsp3) is 0.133. The summed E-state index contributed by atoms with van der Waals surface area (Å²) in [4.78, 5) is 0. The number of halogens is 1. The number of nitrogens with zero attached hydrogens (tertiary/aromatic N) is 1. The minimum atomic E-state index is 0.511. The van der Waals surface area contributed by atoms with E-state index in [9.17, 15) is 0 Å². The first kappa shape index (κ1) is 12.7. The van der Waals surface area contributed by atoms with Crippen LogP contribution in [0.15, 0.2) is 48.5 Å². The van der Waals surface area contributed by atoms with E-state index in [1.54, 1.807) is 12.1 Å². The van der Waals surface area contributed by atoms with Gasteiger partial charge in [-0.2, -0.15) is 5.26 Å². The molecule has 0 aliphatic heterocycles. The Kier molecular flexibility index (Phi) is 4.38. The lowest BCUT2D eigenvalue weighted by molar-refractivity contribution is 0.306. The average Bonchev–Trinajstić information content (AvgIpc) is 2.46. The third-order valence-corrected chi connectivity index (χ3v) is 3.19. The first-order valence-corrected chi connectivity index (χ1v) is 6.70. The highest BCUT2D eigenvalue weighted by Gasteiger charge is 1.98. The number of hydrogen-bond acceptors (Lipinski definition) is 2. The van der Waals surface area contributed by atoms with E-state index in [-0.39, 0.29) is 0 Å². The van der Waals surface area contributed by atoms with Crippen LogP contribution in [0.1, 0.15) is 16.7 Å². The van der Waals surface area contributed by atoms with Crippen molar-refractivity contribution in [1.29, 1.82) is 5.26 Å². The van der Waals surface area contributed by atoms with Crippen molar-refractivity contribution < 1.29 is 4.74 Å². The lowest BCUT2D eigenvalue weighted by Gasteiger charge is -2.07. The minimum absolute atomic E-state index is 0.511. The van der Waals surface area contributed by atoms with Crippen LogP contribution >= 0.6 is 15.9 Å². The lowest BCUT2D eigenvalue weighted by atomic mass is 10.1. The fourth-order valence-electron chi connectivity index (χ4n) is 1.56. The van der Waals surface area contributed by atoms with Gasteiger partial charge in [-0.05, 0) is 35.4 Å². The number of ether oxygens (including phenoxy) is 1. The molecule has 0 bridgehead atoms. The summed E-state index contributed by atoms with van der Waals surface area (Å²) in [6.07, 6.45) is 0. The molecule has 0 fully saturated rings. The molecule has 0 saturated heterocycles. The molecule has 0 aliphatic carbocycles. The SMILES string of the molecule is N#Cc1ccc(COc2cccc(CBr)c2)cc1. The number of benzene rings is 2. The van der Waals surface area contributed by atoms with Gasteiger partial charge in [0.1, 0.15) is 12.4 Å². The maximum absolute atomic E-state index is 8.71. The van der Waals surface area contributed by atoms with Gasteiger partial charge < -0.3 is 4.74 Å². The van der Waals surface area contributed by atoms with Gasteiger partial charge in [0.05, 0.1) is 11.6 Å². The average molecular weight is 302 g/mol. The van der Waals surface area contributed by atoms with Crippen LogP contribution in [0.4, 0.5) is 0 Å². The van der Waals surface area contributed by atoms with E-state index in [4.69, 9.17) is 10.00 Å². The molecule has 2 rings (SSSR count). The van der Waals surface area contributed by atoms with Gasteiger partial charge in [-0.3, -0.25) is 0 Å². The Balaban J connectivity index is 2.00. The van der Waals surface area contributed by atoms with Crippen molar-refractivity contribution in [2.45, 2.75) is 11.9 Å². The van der Waals surface area contributed by atoms with Gasteiger partial charge in [0.25, 0.3) is 0 Å². The van der Waals surface area contributed by atoms with Crippen molar-refractivity contribution in [3.8, 4) is 11.8 Å². The number of rotatable bonds is 4. The van der Waals surface area contributed by atoms with E-state index in [0.717, 1.165) is 16.6 Å². The Bertz CT molecular complexity index is 557. The summed E-state index contributed by atoms with van der Waals surface area (Å²) in [5.74, 6) is 0.858. The molecule has 18 heavy (non-hydrogen) atoms. The summed E-state index contributed by atoms with van der Waals surface area (Å²) in [6.45, 7) is 0.511. The molecule has 0 aliphatic rings. The molecule has 0 N–H and O–H groups in total. The van der Waals surface area contributed by atoms with E-state index in [2.05, 4.69) is 22.0 Å². The van der Waals surface area contributed by atoms with Crippen molar-refractivity contribution in [3.05, 3.63) is 65.2 Å². The molecule has 0 aromatic heterocycles. The van der Waals surface area contributed by atoms with Crippen molar-refractivity contribution in [2.75, 3.05) is 0 Å². The number of hydrogen-bond donors (Lipinski definition) is 0. The van der Waals surface area contributed by atoms with Gasteiger partial charge in [0, 0.05) is 5.33 Å². The Morgan fingerprint density at radius 1 is 1.06 bits per heavy atom. The molecule has 2 nitrogen and oxygen atoms in total. The molecule has 0 heterocycles. The van der Waals surface area contributed by atoms with Crippen LogP contribution in [0.3, 0.4) is 0 Å². The summed E-state index contributed by atoms with van der Waals surface area (Å²) in [5, 5.41) is 9.53. The minimum Gasteiger partial charge on any atom is -0.489 e. The quantitative estimate of drug-likeness (QED) is 0.799. The summed E-state index contributed by atoms with van der Waals surface area (Å²) in [6, 6.07) is 17.5. The van der Waals surface area contributed by atoms with Gasteiger partial charge in [-0.15, -0.1) is 0 Å². The van der Waals surface area contributed by atoms with E-state index in [1.165, 1.54) is 5.56 Å². The Labute approximate surface area is 115 Å². The zero-order valence-corrected chi connectivity index (χ0v) is 11.4. The molecule has 0 spiro atoms. The van der Waals surface area contributed by atoms with Crippen molar-refractivity contribution in [1.82, 2.24) is 0 Å².